The molecule has 0 aliphatic carbocycles. The molecule has 0 atom stereocenters. The van der Waals surface area contributed by atoms with Gasteiger partial charge < -0.3 is 0 Å². The normalized spacial score (nSPS) is 11.5. The van der Waals surface area contributed by atoms with Crippen molar-refractivity contribution in [3.05, 3.63) is 17.8 Å². The molecule has 2 aromatic heterocycles. The number of hydrogen-bond donors (Lipinski definition) is 1. The van der Waals surface area contributed by atoms with Gasteiger partial charge in [0.25, 0.3) is 10.0 Å². The average molecular weight is 240 g/mol. The van der Waals surface area contributed by atoms with Crippen LogP contribution in [0.25, 0.3) is 4.96 Å². The van der Waals surface area contributed by atoms with Crippen molar-refractivity contribution < 1.29 is 8.42 Å². The standard InChI is InChI=1S/C5H5N3O2S2.ClH/c6-12(9,10)4-3-7-5-8(4)1-2-11-5;/h1-3H,(H2,6,9,10);1H. The summed E-state index contributed by atoms with van der Waals surface area (Å²) in [5.74, 6) is 0. The molecule has 2 N–H and O–H groups in total. The van der Waals surface area contributed by atoms with Crippen LogP contribution >= 0.6 is 23.7 Å². The zero-order valence-corrected chi connectivity index (χ0v) is 8.69. The highest BCUT2D eigenvalue weighted by molar-refractivity contribution is 7.89. The number of rotatable bonds is 1. The van der Waals surface area contributed by atoms with Crippen LogP contribution in [0.1, 0.15) is 0 Å². The highest BCUT2D eigenvalue weighted by atomic mass is 35.5. The van der Waals surface area contributed by atoms with Gasteiger partial charge in [0, 0.05) is 11.6 Å². The van der Waals surface area contributed by atoms with E-state index in [1.807, 2.05) is 0 Å². The van der Waals surface area contributed by atoms with Gasteiger partial charge in [0.2, 0.25) is 0 Å². The first-order chi connectivity index (χ1) is 5.59. The summed E-state index contributed by atoms with van der Waals surface area (Å²) >= 11 is 1.36. The van der Waals surface area contributed by atoms with Gasteiger partial charge in [0.1, 0.15) is 0 Å². The molecule has 0 spiro atoms. The Morgan fingerprint density at radius 3 is 2.85 bits per heavy atom. The monoisotopic (exact) mass is 239 g/mol. The quantitative estimate of drug-likeness (QED) is 0.786. The second kappa shape index (κ2) is 3.26. The van der Waals surface area contributed by atoms with Gasteiger partial charge >= 0.3 is 0 Å². The number of sulfonamides is 1. The van der Waals surface area contributed by atoms with Crippen molar-refractivity contribution in [3.63, 3.8) is 0 Å². The summed E-state index contributed by atoms with van der Waals surface area (Å²) < 4.78 is 23.3. The largest absolute Gasteiger partial charge is 0.280 e. The molecule has 0 bridgehead atoms. The van der Waals surface area contributed by atoms with E-state index in [-0.39, 0.29) is 17.4 Å². The van der Waals surface area contributed by atoms with Gasteiger partial charge in [-0.05, 0) is 0 Å². The lowest BCUT2D eigenvalue weighted by molar-refractivity contribution is 0.593. The van der Waals surface area contributed by atoms with E-state index in [0.29, 0.717) is 4.96 Å². The summed E-state index contributed by atoms with van der Waals surface area (Å²) in [6.45, 7) is 0. The summed E-state index contributed by atoms with van der Waals surface area (Å²) in [5, 5.41) is 6.72. The Balaban J connectivity index is 0.000000845. The molecule has 0 aliphatic rings. The first-order valence-electron chi connectivity index (χ1n) is 3.02. The van der Waals surface area contributed by atoms with Crippen LogP contribution in [-0.2, 0) is 10.0 Å². The average Bonchev–Trinajstić information content (AvgIpc) is 2.37. The van der Waals surface area contributed by atoms with Crippen molar-refractivity contribution >= 4 is 38.7 Å². The van der Waals surface area contributed by atoms with Gasteiger partial charge in [-0.1, -0.05) is 0 Å². The third-order valence-electron chi connectivity index (χ3n) is 1.40. The highest BCUT2D eigenvalue weighted by Gasteiger charge is 2.14. The number of nitrogens with zero attached hydrogens (tertiary/aromatic N) is 2. The molecular formula is C5H6ClN3O2S2. The Morgan fingerprint density at radius 1 is 1.54 bits per heavy atom. The molecule has 0 saturated carbocycles. The molecule has 0 aromatic carbocycles. The van der Waals surface area contributed by atoms with Crippen LogP contribution in [-0.4, -0.2) is 17.8 Å². The van der Waals surface area contributed by atoms with Crippen molar-refractivity contribution in [1.82, 2.24) is 9.38 Å². The number of thiazole rings is 1. The molecular weight excluding hydrogens is 234 g/mol. The maximum absolute atomic E-state index is 10.9. The van der Waals surface area contributed by atoms with Crippen LogP contribution in [0.15, 0.2) is 22.8 Å². The molecule has 0 aliphatic heterocycles. The fraction of sp³-hybridized carbons (Fsp3) is 0. The molecule has 0 fully saturated rings. The summed E-state index contributed by atoms with van der Waals surface area (Å²) in [7, 11) is -3.65. The molecule has 2 heterocycles. The fourth-order valence-corrected chi connectivity index (χ4v) is 2.29. The highest BCUT2D eigenvalue weighted by Crippen LogP contribution is 2.14. The number of fused-ring (bicyclic) bond motifs is 1. The topological polar surface area (TPSA) is 77.5 Å². The van der Waals surface area contributed by atoms with Crippen molar-refractivity contribution in [2.75, 3.05) is 0 Å². The zero-order valence-electron chi connectivity index (χ0n) is 6.25. The van der Waals surface area contributed by atoms with E-state index in [1.165, 1.54) is 21.9 Å². The van der Waals surface area contributed by atoms with E-state index in [9.17, 15) is 8.42 Å². The Bertz CT molecular complexity index is 515. The molecule has 72 valence electrons. The maximum Gasteiger partial charge on any atom is 0.255 e. The second-order valence-electron chi connectivity index (χ2n) is 2.20. The number of hydrogen-bond acceptors (Lipinski definition) is 4. The first-order valence-corrected chi connectivity index (χ1v) is 5.45. The van der Waals surface area contributed by atoms with Gasteiger partial charge in [-0.2, -0.15) is 0 Å². The fourth-order valence-electron chi connectivity index (χ4n) is 0.916. The third-order valence-corrected chi connectivity index (χ3v) is 3.06. The Kier molecular flexibility index (Phi) is 2.62. The van der Waals surface area contributed by atoms with Gasteiger partial charge in [-0.15, -0.1) is 23.7 Å². The van der Waals surface area contributed by atoms with Crippen molar-refractivity contribution in [3.8, 4) is 0 Å². The van der Waals surface area contributed by atoms with Crippen molar-refractivity contribution in [2.45, 2.75) is 5.03 Å². The van der Waals surface area contributed by atoms with E-state index in [4.69, 9.17) is 5.14 Å². The van der Waals surface area contributed by atoms with Crippen LogP contribution in [0, 0.1) is 0 Å². The van der Waals surface area contributed by atoms with Crippen LogP contribution in [0.5, 0.6) is 0 Å². The molecule has 0 unspecified atom stereocenters. The number of halogens is 1. The Hall–Kier alpha value is -0.630. The summed E-state index contributed by atoms with van der Waals surface area (Å²) in [4.78, 5) is 4.49. The third kappa shape index (κ3) is 1.68. The van der Waals surface area contributed by atoms with E-state index in [1.54, 1.807) is 11.6 Å². The first kappa shape index (κ1) is 10.5. The van der Waals surface area contributed by atoms with E-state index in [2.05, 4.69) is 4.98 Å². The van der Waals surface area contributed by atoms with Gasteiger partial charge in [0.15, 0.2) is 9.99 Å². The molecule has 0 saturated heterocycles. The van der Waals surface area contributed by atoms with Crippen molar-refractivity contribution in [1.29, 1.82) is 0 Å². The lowest BCUT2D eigenvalue weighted by Gasteiger charge is -1.92. The number of primary sulfonamides is 1. The van der Waals surface area contributed by atoms with Gasteiger partial charge in [-0.3, -0.25) is 4.40 Å². The summed E-state index contributed by atoms with van der Waals surface area (Å²) in [5.41, 5.74) is 0. The summed E-state index contributed by atoms with van der Waals surface area (Å²) in [6, 6.07) is 0. The maximum atomic E-state index is 10.9. The molecule has 8 heteroatoms. The minimum Gasteiger partial charge on any atom is -0.280 e. The molecule has 2 aromatic rings. The zero-order chi connectivity index (χ0) is 8.77. The van der Waals surface area contributed by atoms with Gasteiger partial charge in [0.05, 0.1) is 6.20 Å². The van der Waals surface area contributed by atoms with Crippen LogP contribution in [0.4, 0.5) is 0 Å². The van der Waals surface area contributed by atoms with Crippen LogP contribution < -0.4 is 5.14 Å². The Morgan fingerprint density at radius 2 is 2.23 bits per heavy atom. The molecule has 0 amide bonds. The van der Waals surface area contributed by atoms with E-state index < -0.39 is 10.0 Å². The minimum absolute atomic E-state index is 0. The number of nitrogens with two attached hydrogens (primary N) is 1. The molecule has 0 radical (unpaired) electrons. The predicted octanol–water partition coefficient (Wildman–Crippen LogP) is 0.465. The predicted molar refractivity (Wildman–Crippen MR) is 51.7 cm³/mol. The van der Waals surface area contributed by atoms with E-state index >= 15 is 0 Å². The Labute approximate surface area is 84.7 Å². The van der Waals surface area contributed by atoms with Gasteiger partial charge in [-0.25, -0.2) is 18.5 Å². The molecule has 5 nitrogen and oxygen atoms in total. The van der Waals surface area contributed by atoms with E-state index in [0.717, 1.165) is 0 Å². The number of imidazole rings is 1. The lowest BCUT2D eigenvalue weighted by Crippen LogP contribution is -2.13. The lowest BCUT2D eigenvalue weighted by atomic mass is 10.9. The number of aromatic nitrogens is 2. The SMILES string of the molecule is Cl.NS(=O)(=O)c1cnc2sccn12. The molecule has 2 rings (SSSR count). The van der Waals surface area contributed by atoms with Crippen molar-refractivity contribution in [2.24, 2.45) is 5.14 Å². The van der Waals surface area contributed by atoms with Crippen LogP contribution in [0.2, 0.25) is 0 Å². The second-order valence-corrected chi connectivity index (χ2v) is 4.58. The van der Waals surface area contributed by atoms with Crippen LogP contribution in [0.3, 0.4) is 0 Å². The minimum atomic E-state index is -3.65. The smallest absolute Gasteiger partial charge is 0.255 e. The molecule has 13 heavy (non-hydrogen) atoms. The summed E-state index contributed by atoms with van der Waals surface area (Å²) in [6.07, 6.45) is 2.87.